The predicted molar refractivity (Wildman–Crippen MR) is 115 cm³/mol. The molecule has 0 spiro atoms. The summed E-state index contributed by atoms with van der Waals surface area (Å²) in [6.07, 6.45) is 0.463. The topological polar surface area (TPSA) is 81.8 Å². The minimum atomic E-state index is -0.574. The van der Waals surface area contributed by atoms with Crippen molar-refractivity contribution in [1.82, 2.24) is 15.8 Å². The van der Waals surface area contributed by atoms with Crippen LogP contribution in [-0.2, 0) is 20.8 Å². The third-order valence-corrected chi connectivity index (χ3v) is 6.67. The van der Waals surface area contributed by atoms with Crippen LogP contribution < -0.4 is 15.6 Å². The van der Waals surface area contributed by atoms with Crippen LogP contribution in [0.15, 0.2) is 59.5 Å². The lowest BCUT2D eigenvalue weighted by Gasteiger charge is -2.34. The number of nitrogens with zero attached hydrogens (tertiary/aromatic N) is 2. The van der Waals surface area contributed by atoms with Gasteiger partial charge in [0.15, 0.2) is 5.50 Å². The quantitative estimate of drug-likeness (QED) is 0.741. The van der Waals surface area contributed by atoms with Gasteiger partial charge in [0.2, 0.25) is 5.91 Å². The molecule has 0 aromatic heterocycles. The van der Waals surface area contributed by atoms with Crippen molar-refractivity contribution in [3.8, 4) is 0 Å². The molecule has 3 amide bonds. The van der Waals surface area contributed by atoms with Gasteiger partial charge in [0.1, 0.15) is 6.04 Å². The Balaban J connectivity index is 1.47. The van der Waals surface area contributed by atoms with Crippen molar-refractivity contribution < 1.29 is 14.4 Å². The van der Waals surface area contributed by atoms with Crippen LogP contribution in [0, 0.1) is 0 Å². The molecule has 2 atom stereocenters. The number of rotatable bonds is 3. The van der Waals surface area contributed by atoms with Gasteiger partial charge in [-0.05, 0) is 25.0 Å². The first kappa shape index (κ1) is 18.9. The Morgan fingerprint density at radius 2 is 1.70 bits per heavy atom. The van der Waals surface area contributed by atoms with E-state index in [1.807, 2.05) is 61.5 Å². The zero-order valence-electron chi connectivity index (χ0n) is 16.3. The molecule has 0 radical (unpaired) electrons. The third kappa shape index (κ3) is 2.91. The first-order valence-corrected chi connectivity index (χ1v) is 10.7. The van der Waals surface area contributed by atoms with Gasteiger partial charge in [-0.15, -0.1) is 0 Å². The molecule has 0 bridgehead atoms. The Morgan fingerprint density at radius 1 is 0.967 bits per heavy atom. The number of amides is 3. The highest BCUT2D eigenvalue weighted by molar-refractivity contribution is 8.05. The first-order valence-electron chi connectivity index (χ1n) is 9.84. The van der Waals surface area contributed by atoms with Crippen molar-refractivity contribution >= 4 is 40.7 Å². The molecule has 2 unspecified atom stereocenters. The number of hydrogen-bond acceptors (Lipinski definition) is 5. The average Bonchev–Trinajstić information content (AvgIpc) is 3.21. The lowest BCUT2D eigenvalue weighted by molar-refractivity contribution is -0.140. The van der Waals surface area contributed by atoms with Gasteiger partial charge >= 0.3 is 0 Å². The number of carbonyl (C=O) groups is 3. The van der Waals surface area contributed by atoms with E-state index < -0.39 is 11.5 Å². The minimum Gasteiger partial charge on any atom is -0.324 e. The molecule has 30 heavy (non-hydrogen) atoms. The fourth-order valence-electron chi connectivity index (χ4n) is 4.07. The Hall–Kier alpha value is -3.10. The molecule has 0 saturated carbocycles. The molecule has 152 valence electrons. The van der Waals surface area contributed by atoms with Crippen LogP contribution in [0.25, 0.3) is 5.57 Å². The number of carbonyl (C=O) groups excluding carboxylic acids is 3. The van der Waals surface area contributed by atoms with Crippen molar-refractivity contribution in [2.24, 2.45) is 0 Å². The van der Waals surface area contributed by atoms with Crippen LogP contribution in [0.5, 0.6) is 0 Å². The van der Waals surface area contributed by atoms with Gasteiger partial charge in [0, 0.05) is 12.1 Å². The molecule has 8 heteroatoms. The number of hydrazine groups is 1. The molecule has 3 aliphatic rings. The zero-order valence-corrected chi connectivity index (χ0v) is 17.1. The molecule has 5 rings (SSSR count). The predicted octanol–water partition coefficient (Wildman–Crippen LogP) is 1.87. The molecule has 0 aliphatic carbocycles. The SMILES string of the molecule is CCN1C(=O)/C(=C2\SC3NC(=O)C(Cc4ccccc4)NN3C2=O)c2ccccc21. The van der Waals surface area contributed by atoms with E-state index in [9.17, 15) is 14.4 Å². The second kappa shape index (κ2) is 7.30. The van der Waals surface area contributed by atoms with Crippen LogP contribution in [0.1, 0.15) is 18.1 Å². The number of benzene rings is 2. The van der Waals surface area contributed by atoms with Crippen LogP contribution in [-0.4, -0.2) is 40.8 Å². The summed E-state index contributed by atoms with van der Waals surface area (Å²) in [5, 5.41) is 4.34. The van der Waals surface area contributed by atoms with E-state index in [1.165, 1.54) is 16.8 Å². The van der Waals surface area contributed by atoms with Gasteiger partial charge in [-0.2, -0.15) is 0 Å². The van der Waals surface area contributed by atoms with E-state index >= 15 is 0 Å². The third-order valence-electron chi connectivity index (χ3n) is 5.50. The highest BCUT2D eigenvalue weighted by atomic mass is 32.2. The number of hydrogen-bond donors (Lipinski definition) is 2. The summed E-state index contributed by atoms with van der Waals surface area (Å²) < 4.78 is 0. The maximum absolute atomic E-state index is 13.2. The lowest BCUT2D eigenvalue weighted by atomic mass is 10.1. The monoisotopic (exact) mass is 420 g/mol. The molecular formula is C22H20N4O3S. The smallest absolute Gasteiger partial charge is 0.278 e. The Bertz CT molecular complexity index is 1080. The van der Waals surface area contributed by atoms with E-state index in [1.54, 1.807) is 4.90 Å². The number of fused-ring (bicyclic) bond motifs is 2. The molecule has 2 aromatic carbocycles. The molecular weight excluding hydrogens is 400 g/mol. The molecule has 3 aliphatic heterocycles. The molecule has 2 N–H and O–H groups in total. The summed E-state index contributed by atoms with van der Waals surface area (Å²) in [5.41, 5.74) is 5.48. The average molecular weight is 420 g/mol. The summed E-state index contributed by atoms with van der Waals surface area (Å²) in [6.45, 7) is 2.43. The number of likely N-dealkylation sites (N-methyl/N-ethyl adjacent to an activating group) is 1. The van der Waals surface area contributed by atoms with Crippen molar-refractivity contribution in [2.45, 2.75) is 24.9 Å². The summed E-state index contributed by atoms with van der Waals surface area (Å²) >= 11 is 1.21. The second-order valence-electron chi connectivity index (χ2n) is 7.30. The van der Waals surface area contributed by atoms with Crippen LogP contribution >= 0.6 is 11.8 Å². The molecule has 2 aromatic rings. The summed E-state index contributed by atoms with van der Waals surface area (Å²) in [4.78, 5) is 41.0. The number of nitrogens with one attached hydrogen (secondary N) is 2. The maximum atomic E-state index is 13.2. The van der Waals surface area contributed by atoms with Crippen LogP contribution in [0.2, 0.25) is 0 Å². The van der Waals surface area contributed by atoms with Gasteiger partial charge in [-0.25, -0.2) is 10.4 Å². The van der Waals surface area contributed by atoms with E-state index in [4.69, 9.17) is 0 Å². The summed E-state index contributed by atoms with van der Waals surface area (Å²) in [6, 6.07) is 16.6. The Kier molecular flexibility index (Phi) is 4.60. The van der Waals surface area contributed by atoms with Gasteiger partial charge in [-0.3, -0.25) is 14.4 Å². The van der Waals surface area contributed by atoms with E-state index in [0.717, 1.165) is 16.8 Å². The standard InChI is InChI=1S/C22H20N4O3S/c1-2-25-16-11-7-6-10-14(16)17(20(25)28)18-21(29)26-22(30-18)23-19(27)15(24-26)12-13-8-4-3-5-9-13/h3-11,15,22,24H,2,12H2,1H3,(H,23,27)/b18-17-. The highest BCUT2D eigenvalue weighted by Gasteiger charge is 2.47. The van der Waals surface area contributed by atoms with Crippen molar-refractivity contribution in [3.05, 3.63) is 70.6 Å². The molecule has 2 saturated heterocycles. The number of thioether (sulfide) groups is 1. The van der Waals surface area contributed by atoms with E-state index in [2.05, 4.69) is 10.7 Å². The minimum absolute atomic E-state index is 0.167. The van der Waals surface area contributed by atoms with Gasteiger partial charge in [0.05, 0.1) is 16.2 Å². The number of anilines is 1. The normalized spacial score (nSPS) is 25.4. The molecule has 3 heterocycles. The highest BCUT2D eigenvalue weighted by Crippen LogP contribution is 2.45. The fourth-order valence-corrected chi connectivity index (χ4v) is 5.24. The molecule has 2 fully saturated rings. The largest absolute Gasteiger partial charge is 0.324 e. The summed E-state index contributed by atoms with van der Waals surface area (Å²) in [7, 11) is 0. The lowest BCUT2D eigenvalue weighted by Crippen LogP contribution is -2.65. The van der Waals surface area contributed by atoms with E-state index in [-0.39, 0.29) is 17.7 Å². The van der Waals surface area contributed by atoms with Gasteiger partial charge in [0.25, 0.3) is 11.8 Å². The molecule has 7 nitrogen and oxygen atoms in total. The van der Waals surface area contributed by atoms with Crippen LogP contribution in [0.4, 0.5) is 5.69 Å². The second-order valence-corrected chi connectivity index (χ2v) is 8.39. The fraction of sp³-hybridized carbons (Fsp3) is 0.227. The maximum Gasteiger partial charge on any atom is 0.278 e. The van der Waals surface area contributed by atoms with Crippen molar-refractivity contribution in [1.29, 1.82) is 0 Å². The Morgan fingerprint density at radius 3 is 2.47 bits per heavy atom. The number of para-hydroxylation sites is 1. The van der Waals surface area contributed by atoms with E-state index in [0.29, 0.717) is 23.4 Å². The Labute approximate surface area is 178 Å². The van der Waals surface area contributed by atoms with Crippen molar-refractivity contribution in [3.63, 3.8) is 0 Å². The van der Waals surface area contributed by atoms with Crippen LogP contribution in [0.3, 0.4) is 0 Å². The van der Waals surface area contributed by atoms with Gasteiger partial charge < -0.3 is 10.2 Å². The summed E-state index contributed by atoms with van der Waals surface area (Å²) in [5.74, 6) is -0.638. The van der Waals surface area contributed by atoms with Crippen molar-refractivity contribution in [2.75, 3.05) is 11.4 Å². The first-order chi connectivity index (χ1) is 14.6. The zero-order chi connectivity index (χ0) is 20.8. The van der Waals surface area contributed by atoms with Gasteiger partial charge in [-0.1, -0.05) is 60.3 Å².